The molecule has 1 rings (SSSR count). The largest absolute Gasteiger partial charge is 0.366 e. The van der Waals surface area contributed by atoms with Crippen LogP contribution < -0.4 is 11.1 Å². The first-order chi connectivity index (χ1) is 6.63. The van der Waals surface area contributed by atoms with Crippen molar-refractivity contribution in [2.24, 2.45) is 5.73 Å². The smallest absolute Gasteiger partial charge is 0.141 e. The van der Waals surface area contributed by atoms with Crippen LogP contribution in [0.2, 0.25) is 0 Å². The summed E-state index contributed by atoms with van der Waals surface area (Å²) in [6.45, 7) is 3.98. The van der Waals surface area contributed by atoms with E-state index in [1.807, 2.05) is 13.8 Å². The lowest BCUT2D eigenvalue weighted by Crippen LogP contribution is -2.37. The number of anilines is 1. The summed E-state index contributed by atoms with van der Waals surface area (Å²) in [7, 11) is 0. The van der Waals surface area contributed by atoms with Crippen LogP contribution in [0.4, 0.5) is 10.2 Å². The molecule has 0 bridgehead atoms. The summed E-state index contributed by atoms with van der Waals surface area (Å²) in [5.74, 6) is 0.333. The number of hydrogen-bond donors (Lipinski definition) is 2. The minimum atomic E-state index is -0.329. The van der Waals surface area contributed by atoms with Crippen molar-refractivity contribution >= 4 is 5.82 Å². The average Bonchev–Trinajstić information content (AvgIpc) is 2.16. The Labute approximate surface area is 83.5 Å². The van der Waals surface area contributed by atoms with Crippen molar-refractivity contribution in [3.05, 3.63) is 24.1 Å². The predicted molar refractivity (Wildman–Crippen MR) is 55.5 cm³/mol. The molecule has 0 saturated carbocycles. The Kier molecular flexibility index (Phi) is 3.83. The van der Waals surface area contributed by atoms with Crippen LogP contribution in [-0.4, -0.2) is 17.1 Å². The van der Waals surface area contributed by atoms with E-state index in [1.54, 1.807) is 6.07 Å². The Balaban J connectivity index is 2.63. The van der Waals surface area contributed by atoms with Crippen LogP contribution in [0.1, 0.15) is 20.3 Å². The first kappa shape index (κ1) is 10.9. The number of nitrogens with zero attached hydrogens (tertiary/aromatic N) is 1. The van der Waals surface area contributed by atoms with Gasteiger partial charge < -0.3 is 11.1 Å². The second-order valence-electron chi connectivity index (χ2n) is 3.38. The zero-order valence-electron chi connectivity index (χ0n) is 8.50. The van der Waals surface area contributed by atoms with Gasteiger partial charge in [0, 0.05) is 12.1 Å². The number of nitrogens with two attached hydrogens (primary N) is 1. The maximum absolute atomic E-state index is 12.5. The molecular weight excluding hydrogens is 181 g/mol. The normalized spacial score (nSPS) is 14.9. The highest BCUT2D eigenvalue weighted by molar-refractivity contribution is 5.35. The molecule has 1 heterocycles. The third-order valence-electron chi connectivity index (χ3n) is 2.14. The maximum atomic E-state index is 12.5. The van der Waals surface area contributed by atoms with Crippen LogP contribution in [0.3, 0.4) is 0 Å². The summed E-state index contributed by atoms with van der Waals surface area (Å²) in [6.07, 6.45) is 2.10. The number of rotatable bonds is 4. The van der Waals surface area contributed by atoms with Crippen molar-refractivity contribution in [2.45, 2.75) is 32.4 Å². The molecule has 2 unspecified atom stereocenters. The molecule has 0 amide bonds. The van der Waals surface area contributed by atoms with Gasteiger partial charge in [0.25, 0.3) is 0 Å². The fourth-order valence-corrected chi connectivity index (χ4v) is 1.26. The van der Waals surface area contributed by atoms with Gasteiger partial charge in [0.15, 0.2) is 0 Å². The molecule has 0 aliphatic carbocycles. The van der Waals surface area contributed by atoms with Crippen LogP contribution >= 0.6 is 0 Å². The molecule has 4 heteroatoms. The van der Waals surface area contributed by atoms with Gasteiger partial charge in [-0.15, -0.1) is 0 Å². The fraction of sp³-hybridized carbons (Fsp3) is 0.500. The van der Waals surface area contributed by atoms with Gasteiger partial charge in [-0.1, -0.05) is 6.92 Å². The third-order valence-corrected chi connectivity index (χ3v) is 2.14. The Bertz CT molecular complexity index is 271. The van der Waals surface area contributed by atoms with Crippen LogP contribution in [0.25, 0.3) is 0 Å². The van der Waals surface area contributed by atoms with Crippen molar-refractivity contribution in [1.82, 2.24) is 4.98 Å². The molecule has 1 aromatic rings. The van der Waals surface area contributed by atoms with Gasteiger partial charge in [-0.05, 0) is 25.5 Å². The van der Waals surface area contributed by atoms with Gasteiger partial charge in [-0.2, -0.15) is 0 Å². The van der Waals surface area contributed by atoms with E-state index in [1.165, 1.54) is 12.3 Å². The number of pyridine rings is 1. The highest BCUT2D eigenvalue weighted by Crippen LogP contribution is 2.08. The number of halogens is 1. The van der Waals surface area contributed by atoms with Gasteiger partial charge >= 0.3 is 0 Å². The molecule has 0 aromatic carbocycles. The van der Waals surface area contributed by atoms with E-state index in [4.69, 9.17) is 5.73 Å². The van der Waals surface area contributed by atoms with Gasteiger partial charge in [0.1, 0.15) is 11.6 Å². The van der Waals surface area contributed by atoms with E-state index in [0.717, 1.165) is 6.42 Å². The Morgan fingerprint density at radius 3 is 2.71 bits per heavy atom. The number of hydrogen-bond acceptors (Lipinski definition) is 3. The standard InChI is InChI=1S/C10H16FN3/c1-3-9(7(2)12)14-10-5-4-8(11)6-13-10/h4-7,9H,3,12H2,1-2H3,(H,13,14). The SMILES string of the molecule is CCC(Nc1ccc(F)cn1)C(C)N. The van der Waals surface area contributed by atoms with Crippen LogP contribution in [0.15, 0.2) is 18.3 Å². The first-order valence-corrected chi connectivity index (χ1v) is 4.77. The zero-order valence-corrected chi connectivity index (χ0v) is 8.50. The Hall–Kier alpha value is -1.16. The second kappa shape index (κ2) is 4.91. The molecule has 78 valence electrons. The summed E-state index contributed by atoms with van der Waals surface area (Å²) in [4.78, 5) is 3.91. The molecular formula is C10H16FN3. The fourth-order valence-electron chi connectivity index (χ4n) is 1.26. The van der Waals surface area contributed by atoms with Crippen molar-refractivity contribution in [3.8, 4) is 0 Å². The van der Waals surface area contributed by atoms with Crippen molar-refractivity contribution < 1.29 is 4.39 Å². The molecule has 1 aromatic heterocycles. The Morgan fingerprint density at radius 1 is 1.57 bits per heavy atom. The lowest BCUT2D eigenvalue weighted by atomic mass is 10.1. The lowest BCUT2D eigenvalue weighted by Gasteiger charge is -2.20. The highest BCUT2D eigenvalue weighted by Gasteiger charge is 2.10. The monoisotopic (exact) mass is 197 g/mol. The molecule has 0 aliphatic heterocycles. The summed E-state index contributed by atoms with van der Waals surface area (Å²) in [5, 5.41) is 3.15. The average molecular weight is 197 g/mol. The summed E-state index contributed by atoms with van der Waals surface area (Å²) >= 11 is 0. The molecule has 3 nitrogen and oxygen atoms in total. The topological polar surface area (TPSA) is 50.9 Å². The third kappa shape index (κ3) is 2.96. The molecule has 0 radical (unpaired) electrons. The summed E-state index contributed by atoms with van der Waals surface area (Å²) in [6, 6.07) is 3.21. The zero-order chi connectivity index (χ0) is 10.6. The molecule has 0 saturated heterocycles. The molecule has 14 heavy (non-hydrogen) atoms. The minimum absolute atomic E-state index is 0.0480. The number of aromatic nitrogens is 1. The van der Waals surface area contributed by atoms with Gasteiger partial charge in [0.2, 0.25) is 0 Å². The van der Waals surface area contributed by atoms with E-state index in [9.17, 15) is 4.39 Å². The molecule has 0 spiro atoms. The highest BCUT2D eigenvalue weighted by atomic mass is 19.1. The lowest BCUT2D eigenvalue weighted by molar-refractivity contribution is 0.576. The van der Waals surface area contributed by atoms with Crippen molar-refractivity contribution in [3.63, 3.8) is 0 Å². The van der Waals surface area contributed by atoms with Gasteiger partial charge in [0.05, 0.1) is 6.20 Å². The minimum Gasteiger partial charge on any atom is -0.366 e. The van der Waals surface area contributed by atoms with E-state index in [0.29, 0.717) is 5.82 Å². The quantitative estimate of drug-likeness (QED) is 0.773. The summed E-state index contributed by atoms with van der Waals surface area (Å²) < 4.78 is 12.5. The molecule has 2 atom stereocenters. The maximum Gasteiger partial charge on any atom is 0.141 e. The number of nitrogens with one attached hydrogen (secondary N) is 1. The first-order valence-electron chi connectivity index (χ1n) is 4.77. The summed E-state index contributed by atoms with van der Waals surface area (Å²) in [5.41, 5.74) is 5.76. The van der Waals surface area contributed by atoms with E-state index in [-0.39, 0.29) is 17.9 Å². The molecule has 0 aliphatic rings. The van der Waals surface area contributed by atoms with Gasteiger partial charge in [-0.25, -0.2) is 9.37 Å². The Morgan fingerprint density at radius 2 is 2.29 bits per heavy atom. The van der Waals surface area contributed by atoms with Crippen molar-refractivity contribution in [1.29, 1.82) is 0 Å². The van der Waals surface area contributed by atoms with Gasteiger partial charge in [-0.3, -0.25) is 0 Å². The van der Waals surface area contributed by atoms with Crippen LogP contribution in [0, 0.1) is 5.82 Å². The predicted octanol–water partition coefficient (Wildman–Crippen LogP) is 1.76. The van der Waals surface area contributed by atoms with E-state index >= 15 is 0 Å². The van der Waals surface area contributed by atoms with Crippen LogP contribution in [-0.2, 0) is 0 Å². The second-order valence-corrected chi connectivity index (χ2v) is 3.38. The van der Waals surface area contributed by atoms with E-state index < -0.39 is 0 Å². The molecule has 0 fully saturated rings. The van der Waals surface area contributed by atoms with Crippen molar-refractivity contribution in [2.75, 3.05) is 5.32 Å². The van der Waals surface area contributed by atoms with E-state index in [2.05, 4.69) is 10.3 Å². The molecule has 3 N–H and O–H groups in total. The van der Waals surface area contributed by atoms with Crippen LogP contribution in [0.5, 0.6) is 0 Å².